The molecule has 8 rings (SSSR count). The third-order valence-corrected chi connectivity index (χ3v) is 10.2. The van der Waals surface area contributed by atoms with E-state index in [9.17, 15) is 9.59 Å². The highest BCUT2D eigenvalue weighted by Crippen LogP contribution is 2.48. The average molecular weight is 739 g/mol. The second-order valence-corrected chi connectivity index (χ2v) is 14.0. The van der Waals surface area contributed by atoms with Gasteiger partial charge in [0.25, 0.3) is 5.91 Å². The Bertz CT molecular complexity index is 2560. The molecule has 9 heteroatoms. The topological polar surface area (TPSA) is 93.5 Å². The van der Waals surface area contributed by atoms with E-state index >= 15 is 0 Å². The van der Waals surface area contributed by atoms with Crippen LogP contribution in [0.5, 0.6) is 5.75 Å². The number of aromatic nitrogens is 2. The molecule has 0 spiro atoms. The van der Waals surface area contributed by atoms with Gasteiger partial charge in [-0.15, -0.1) is 0 Å². The van der Waals surface area contributed by atoms with Crippen molar-refractivity contribution in [1.82, 2.24) is 15.1 Å². The average Bonchev–Trinajstić information content (AvgIpc) is 3.45. The number of ether oxygens (including phenoxy) is 1. The normalized spacial score (nSPS) is 11.5. The molecule has 53 heavy (non-hydrogen) atoms. The maximum absolute atomic E-state index is 12.4. The Labute approximate surface area is 316 Å². The molecule has 6 aromatic carbocycles. The van der Waals surface area contributed by atoms with E-state index in [4.69, 9.17) is 38.1 Å². The van der Waals surface area contributed by atoms with Crippen LogP contribution in [0.2, 0.25) is 10.0 Å². The molecule has 1 aliphatic rings. The van der Waals surface area contributed by atoms with Crippen LogP contribution in [0, 0.1) is 6.92 Å². The van der Waals surface area contributed by atoms with Crippen LogP contribution in [-0.4, -0.2) is 40.4 Å². The zero-order chi connectivity index (χ0) is 36.8. The van der Waals surface area contributed by atoms with Gasteiger partial charge in [-0.1, -0.05) is 77.8 Å². The number of rotatable bonds is 9. The predicted octanol–water partition coefficient (Wildman–Crippen LogP) is 10.4. The molecule has 2 bridgehead atoms. The lowest BCUT2D eigenvalue weighted by Gasteiger charge is -2.16. The number of carbonyl (C=O) groups excluding carboxylic acids is 1. The second kappa shape index (κ2) is 13.9. The number of hydrogen-bond donors (Lipinski definition) is 2. The Morgan fingerprint density at radius 3 is 2.17 bits per heavy atom. The summed E-state index contributed by atoms with van der Waals surface area (Å²) in [6.45, 7) is 2.20. The number of nitrogens with zero attached hydrogens (tertiary/aromatic N) is 2. The van der Waals surface area contributed by atoms with E-state index in [0.29, 0.717) is 22.0 Å². The third-order valence-electron chi connectivity index (χ3n) is 9.77. The molecule has 262 valence electrons. The van der Waals surface area contributed by atoms with Crippen LogP contribution in [0.3, 0.4) is 0 Å². The van der Waals surface area contributed by atoms with E-state index in [0.717, 1.165) is 83.7 Å². The van der Waals surface area contributed by atoms with Crippen LogP contribution in [0.1, 0.15) is 33.5 Å². The first-order valence-corrected chi connectivity index (χ1v) is 17.9. The molecule has 0 atom stereocenters. The van der Waals surface area contributed by atoms with Gasteiger partial charge in [-0.3, -0.25) is 9.59 Å². The van der Waals surface area contributed by atoms with E-state index in [2.05, 4.69) is 79.0 Å². The van der Waals surface area contributed by atoms with Gasteiger partial charge in [0.15, 0.2) is 0 Å². The summed E-state index contributed by atoms with van der Waals surface area (Å²) in [6.07, 6.45) is 0.586. The van der Waals surface area contributed by atoms with E-state index in [-0.39, 0.29) is 18.9 Å². The molecular formula is C44H33Cl2N3O4. The fourth-order valence-electron chi connectivity index (χ4n) is 7.19. The van der Waals surface area contributed by atoms with Crippen molar-refractivity contribution < 1.29 is 19.4 Å². The lowest BCUT2D eigenvalue weighted by molar-refractivity contribution is -0.136. The Morgan fingerprint density at radius 2 is 1.47 bits per heavy atom. The molecular weight excluding hydrogens is 705 g/mol. The van der Waals surface area contributed by atoms with Gasteiger partial charge in [0, 0.05) is 38.8 Å². The molecule has 0 fully saturated rings. The quantitative estimate of drug-likeness (QED) is 0.154. The Hall–Kier alpha value is -5.89. The maximum Gasteiger partial charge on any atom is 0.305 e. The van der Waals surface area contributed by atoms with Gasteiger partial charge in [0.05, 0.1) is 30.6 Å². The number of amides is 1. The second-order valence-electron chi connectivity index (χ2n) is 13.2. The van der Waals surface area contributed by atoms with Crippen molar-refractivity contribution in [3.63, 3.8) is 0 Å². The summed E-state index contributed by atoms with van der Waals surface area (Å²) in [5.74, 6) is -0.439. The van der Waals surface area contributed by atoms with Crippen LogP contribution in [0.4, 0.5) is 0 Å². The molecule has 0 saturated heterocycles. The minimum atomic E-state index is -0.948. The molecule has 1 aromatic heterocycles. The fraction of sp³-hybridized carbons (Fsp3) is 0.114. The highest BCUT2D eigenvalue weighted by atomic mass is 35.5. The molecule has 0 unspecified atom stereocenters. The first kappa shape index (κ1) is 34.2. The minimum absolute atomic E-state index is 0.0917. The molecule has 1 amide bonds. The Morgan fingerprint density at radius 1 is 0.774 bits per heavy atom. The standard InChI is InChI=1S/C44H33Cl2N3O4/c1-25-42(31-20-32(45)23-33(46)21-31)48-49-34-12-15-36(39(24-34)38-14-11-30-22-35(53-2)13-16-37(30)41(38)43(25)49)28-7-3-26(4-8-28)19-27-5-9-29(10-6-27)44(52)47-18-17-40(50)51/h3-16,20-24H,17-19H2,1-2H3,(H,47,52)(H,50,51). The molecule has 0 radical (unpaired) electrons. The molecule has 1 aliphatic heterocycles. The number of carboxylic acid groups (broad SMARTS) is 1. The lowest BCUT2D eigenvalue weighted by atomic mass is 9.87. The van der Waals surface area contributed by atoms with Crippen molar-refractivity contribution in [2.45, 2.75) is 19.8 Å². The van der Waals surface area contributed by atoms with Crippen molar-refractivity contribution in [2.75, 3.05) is 13.7 Å². The van der Waals surface area contributed by atoms with Crippen LogP contribution in [0.15, 0.2) is 115 Å². The fourth-order valence-corrected chi connectivity index (χ4v) is 7.72. The third kappa shape index (κ3) is 6.54. The van der Waals surface area contributed by atoms with Crippen LogP contribution < -0.4 is 10.1 Å². The summed E-state index contributed by atoms with van der Waals surface area (Å²) in [6, 6.07) is 38.6. The number of nitrogens with one attached hydrogen (secondary N) is 1. The molecule has 0 aliphatic carbocycles. The zero-order valence-corrected chi connectivity index (χ0v) is 30.4. The summed E-state index contributed by atoms with van der Waals surface area (Å²) in [5.41, 5.74) is 12.9. The van der Waals surface area contributed by atoms with Gasteiger partial charge in [-0.25, -0.2) is 4.68 Å². The van der Waals surface area contributed by atoms with E-state index in [1.165, 1.54) is 0 Å². The zero-order valence-electron chi connectivity index (χ0n) is 28.9. The van der Waals surface area contributed by atoms with Gasteiger partial charge in [0.2, 0.25) is 0 Å². The molecule has 7 nitrogen and oxygen atoms in total. The maximum atomic E-state index is 12.4. The van der Waals surface area contributed by atoms with Gasteiger partial charge >= 0.3 is 5.97 Å². The summed E-state index contributed by atoms with van der Waals surface area (Å²) in [7, 11) is 1.68. The largest absolute Gasteiger partial charge is 0.497 e. The number of aliphatic carboxylic acids is 1. The number of fused-ring (bicyclic) bond motifs is 9. The number of carboxylic acids is 1. The van der Waals surface area contributed by atoms with Gasteiger partial charge in [-0.2, -0.15) is 5.10 Å². The van der Waals surface area contributed by atoms with Gasteiger partial charge < -0.3 is 15.2 Å². The van der Waals surface area contributed by atoms with Crippen LogP contribution in [0.25, 0.3) is 61.2 Å². The summed E-state index contributed by atoms with van der Waals surface area (Å²) in [5, 5.41) is 19.9. The molecule has 0 saturated carbocycles. The Balaban J connectivity index is 1.17. The molecule has 7 aromatic rings. The van der Waals surface area contributed by atoms with Gasteiger partial charge in [-0.05, 0) is 118 Å². The summed E-state index contributed by atoms with van der Waals surface area (Å²) < 4.78 is 7.63. The van der Waals surface area contributed by atoms with Crippen LogP contribution >= 0.6 is 23.2 Å². The van der Waals surface area contributed by atoms with Crippen molar-refractivity contribution in [2.24, 2.45) is 0 Å². The van der Waals surface area contributed by atoms with Crippen LogP contribution in [-0.2, 0) is 11.2 Å². The van der Waals surface area contributed by atoms with E-state index in [1.54, 1.807) is 25.3 Å². The van der Waals surface area contributed by atoms with Crippen molar-refractivity contribution >= 4 is 45.9 Å². The monoisotopic (exact) mass is 737 g/mol. The first-order chi connectivity index (χ1) is 25.7. The number of methoxy groups -OCH3 is 1. The van der Waals surface area contributed by atoms with Crippen molar-refractivity contribution in [1.29, 1.82) is 0 Å². The highest BCUT2D eigenvalue weighted by molar-refractivity contribution is 6.35. The van der Waals surface area contributed by atoms with Crippen molar-refractivity contribution in [3.05, 3.63) is 148 Å². The lowest BCUT2D eigenvalue weighted by Crippen LogP contribution is -2.25. The van der Waals surface area contributed by atoms with Gasteiger partial charge in [0.1, 0.15) is 5.75 Å². The number of benzene rings is 6. The summed E-state index contributed by atoms with van der Waals surface area (Å²) >= 11 is 12.9. The number of carbonyl (C=O) groups is 2. The highest BCUT2D eigenvalue weighted by Gasteiger charge is 2.28. The van der Waals surface area contributed by atoms with Crippen molar-refractivity contribution in [3.8, 4) is 56.2 Å². The SMILES string of the molecule is COc1ccc2c3c(ccc2c1)-c1cc(ccc1-c1ccc(Cc2ccc(C(=O)NCCC(=O)O)cc2)cc1)-n1nc(-c2cc(Cl)cc(Cl)c2)c(C)c1-3. The van der Waals surface area contributed by atoms with E-state index in [1.807, 2.05) is 35.0 Å². The summed E-state index contributed by atoms with van der Waals surface area (Å²) in [4.78, 5) is 23.1. The minimum Gasteiger partial charge on any atom is -0.497 e. The molecule has 2 N–H and O–H groups in total. The number of halogens is 2. The van der Waals surface area contributed by atoms with E-state index < -0.39 is 5.97 Å². The smallest absolute Gasteiger partial charge is 0.305 e. The number of hydrogen-bond acceptors (Lipinski definition) is 4. The molecule has 2 heterocycles. The Kier molecular flexibility index (Phi) is 8.98. The first-order valence-electron chi connectivity index (χ1n) is 17.2. The predicted molar refractivity (Wildman–Crippen MR) is 212 cm³/mol.